The minimum absolute atomic E-state index is 0.365. The monoisotopic (exact) mass is 200 g/mol. The van der Waals surface area contributed by atoms with Crippen LogP contribution in [0.1, 0.15) is 27.2 Å². The summed E-state index contributed by atoms with van der Waals surface area (Å²) in [6.45, 7) is 10.4. The van der Waals surface area contributed by atoms with Gasteiger partial charge in [-0.2, -0.15) is 0 Å². The van der Waals surface area contributed by atoms with E-state index in [-0.39, 0.29) is 6.09 Å². The first-order valence-electron chi connectivity index (χ1n) is 4.77. The summed E-state index contributed by atoms with van der Waals surface area (Å²) < 4.78 is 5.05. The van der Waals surface area contributed by atoms with Crippen molar-refractivity contribution in [1.29, 1.82) is 0 Å². The molecule has 0 aliphatic rings. The number of ether oxygens (including phenoxy) is 1. The van der Waals surface area contributed by atoms with E-state index >= 15 is 0 Å². The molecule has 0 radical (unpaired) electrons. The Hall–Kier alpha value is -1.19. The van der Waals surface area contributed by atoms with Gasteiger partial charge in [-0.05, 0) is 33.4 Å². The number of hydrogen-bond donors (Lipinski definition) is 2. The second-order valence-electron chi connectivity index (χ2n) is 3.94. The molecule has 0 aliphatic carbocycles. The highest BCUT2D eigenvalue weighted by Crippen LogP contribution is 2.06. The Labute approximate surface area is 85.7 Å². The number of alkyl carbamates (subject to hydrolysis) is 1. The van der Waals surface area contributed by atoms with Crippen molar-refractivity contribution in [2.24, 2.45) is 0 Å². The highest BCUT2D eigenvalue weighted by atomic mass is 16.6. The number of carbonyl (C=O) groups is 1. The molecule has 14 heavy (non-hydrogen) atoms. The van der Waals surface area contributed by atoms with E-state index in [2.05, 4.69) is 17.2 Å². The lowest BCUT2D eigenvalue weighted by molar-refractivity contribution is 0.0527. The third-order valence-corrected chi connectivity index (χ3v) is 1.31. The van der Waals surface area contributed by atoms with Crippen molar-refractivity contribution in [1.82, 2.24) is 10.6 Å². The predicted molar refractivity (Wildman–Crippen MR) is 57.1 cm³/mol. The fraction of sp³-hybridized carbons (Fsp3) is 0.700. The van der Waals surface area contributed by atoms with E-state index in [9.17, 15) is 4.79 Å². The van der Waals surface area contributed by atoms with Crippen molar-refractivity contribution in [3.63, 3.8) is 0 Å². The van der Waals surface area contributed by atoms with Gasteiger partial charge < -0.3 is 15.4 Å². The van der Waals surface area contributed by atoms with Gasteiger partial charge in [0.2, 0.25) is 0 Å². The van der Waals surface area contributed by atoms with E-state index in [1.54, 1.807) is 6.20 Å². The van der Waals surface area contributed by atoms with Gasteiger partial charge in [0.05, 0.1) is 0 Å². The number of amides is 1. The quantitative estimate of drug-likeness (QED) is 0.663. The maximum absolute atomic E-state index is 11.1. The van der Waals surface area contributed by atoms with Crippen LogP contribution in [0.25, 0.3) is 0 Å². The van der Waals surface area contributed by atoms with Crippen LogP contribution in [-0.2, 0) is 4.74 Å². The molecule has 0 aromatic carbocycles. The van der Waals surface area contributed by atoms with Crippen molar-refractivity contribution in [2.75, 3.05) is 13.1 Å². The summed E-state index contributed by atoms with van der Waals surface area (Å²) in [6, 6.07) is 0. The average Bonchev–Trinajstić information content (AvgIpc) is 2.00. The van der Waals surface area contributed by atoms with E-state index in [0.717, 1.165) is 13.0 Å². The van der Waals surface area contributed by atoms with E-state index in [1.165, 1.54) is 0 Å². The van der Waals surface area contributed by atoms with Crippen LogP contribution in [0.3, 0.4) is 0 Å². The molecule has 0 unspecified atom stereocenters. The Balaban J connectivity index is 3.41. The molecule has 0 saturated carbocycles. The maximum Gasteiger partial charge on any atom is 0.407 e. The Kier molecular flexibility index (Phi) is 5.76. The van der Waals surface area contributed by atoms with Gasteiger partial charge in [0, 0.05) is 13.1 Å². The third-order valence-electron chi connectivity index (χ3n) is 1.31. The van der Waals surface area contributed by atoms with Crippen molar-refractivity contribution in [3.8, 4) is 0 Å². The molecule has 0 aliphatic heterocycles. The lowest BCUT2D eigenvalue weighted by Gasteiger charge is -2.19. The SMILES string of the molecule is C=CNCCCNC(=O)OC(C)(C)C. The van der Waals surface area contributed by atoms with Crippen molar-refractivity contribution >= 4 is 6.09 Å². The van der Waals surface area contributed by atoms with Gasteiger partial charge in [0.15, 0.2) is 0 Å². The van der Waals surface area contributed by atoms with E-state index in [0.29, 0.717) is 6.54 Å². The summed E-state index contributed by atoms with van der Waals surface area (Å²) in [5, 5.41) is 5.60. The van der Waals surface area contributed by atoms with Crippen LogP contribution < -0.4 is 10.6 Å². The van der Waals surface area contributed by atoms with Gasteiger partial charge in [0.25, 0.3) is 0 Å². The van der Waals surface area contributed by atoms with Gasteiger partial charge in [-0.15, -0.1) is 0 Å². The first kappa shape index (κ1) is 12.8. The van der Waals surface area contributed by atoms with Crippen LogP contribution in [0.5, 0.6) is 0 Å². The molecule has 0 rings (SSSR count). The fourth-order valence-electron chi connectivity index (χ4n) is 0.797. The van der Waals surface area contributed by atoms with Crippen molar-refractivity contribution < 1.29 is 9.53 Å². The topological polar surface area (TPSA) is 50.4 Å². The van der Waals surface area contributed by atoms with Crippen LogP contribution in [0, 0.1) is 0 Å². The standard InChI is InChI=1S/C10H20N2O2/c1-5-11-7-6-8-12-9(13)14-10(2,3)4/h5,11H,1,6-8H2,2-4H3,(H,12,13). The largest absolute Gasteiger partial charge is 0.444 e. The fourth-order valence-corrected chi connectivity index (χ4v) is 0.797. The van der Waals surface area contributed by atoms with Gasteiger partial charge in [-0.25, -0.2) is 4.79 Å². The number of rotatable bonds is 5. The molecule has 0 heterocycles. The van der Waals surface area contributed by atoms with Crippen molar-refractivity contribution in [2.45, 2.75) is 32.8 Å². The lowest BCUT2D eigenvalue weighted by atomic mass is 10.2. The van der Waals surface area contributed by atoms with Crippen LogP contribution >= 0.6 is 0 Å². The van der Waals surface area contributed by atoms with Gasteiger partial charge in [-0.3, -0.25) is 0 Å². The molecule has 0 fully saturated rings. The minimum Gasteiger partial charge on any atom is -0.444 e. The second kappa shape index (κ2) is 6.29. The van der Waals surface area contributed by atoms with Crippen molar-refractivity contribution in [3.05, 3.63) is 12.8 Å². The van der Waals surface area contributed by atoms with Crippen LogP contribution in [0.15, 0.2) is 12.8 Å². The summed E-state index contributed by atoms with van der Waals surface area (Å²) >= 11 is 0. The normalized spacial score (nSPS) is 10.5. The molecule has 0 spiro atoms. The smallest absolute Gasteiger partial charge is 0.407 e. The minimum atomic E-state index is -0.427. The molecular weight excluding hydrogens is 180 g/mol. The summed E-state index contributed by atoms with van der Waals surface area (Å²) in [4.78, 5) is 11.1. The first-order valence-corrected chi connectivity index (χ1v) is 4.77. The Morgan fingerprint density at radius 2 is 2.07 bits per heavy atom. The molecule has 0 aromatic rings. The van der Waals surface area contributed by atoms with E-state index in [1.807, 2.05) is 20.8 Å². The summed E-state index contributed by atoms with van der Waals surface area (Å²) in [6.07, 6.45) is 2.12. The molecule has 1 amide bonds. The second-order valence-corrected chi connectivity index (χ2v) is 3.94. The van der Waals surface area contributed by atoms with Crippen LogP contribution in [0.2, 0.25) is 0 Å². The Morgan fingerprint density at radius 1 is 1.43 bits per heavy atom. The summed E-state index contributed by atoms with van der Waals surface area (Å²) in [5.41, 5.74) is -0.427. The Morgan fingerprint density at radius 3 is 2.57 bits per heavy atom. The molecule has 2 N–H and O–H groups in total. The van der Waals surface area contributed by atoms with E-state index in [4.69, 9.17) is 4.74 Å². The molecule has 82 valence electrons. The average molecular weight is 200 g/mol. The molecule has 0 bridgehead atoms. The summed E-state index contributed by atoms with van der Waals surface area (Å²) in [7, 11) is 0. The van der Waals surface area contributed by atoms with E-state index < -0.39 is 5.60 Å². The Bertz CT molecular complexity index is 185. The zero-order chi connectivity index (χ0) is 11.0. The predicted octanol–water partition coefficient (Wildman–Crippen LogP) is 1.63. The molecule has 0 atom stereocenters. The molecule has 0 saturated heterocycles. The highest BCUT2D eigenvalue weighted by Gasteiger charge is 2.15. The molecule has 4 nitrogen and oxygen atoms in total. The van der Waals surface area contributed by atoms with Crippen LogP contribution in [0.4, 0.5) is 4.79 Å². The van der Waals surface area contributed by atoms with Gasteiger partial charge in [-0.1, -0.05) is 6.58 Å². The third kappa shape index (κ3) is 8.90. The maximum atomic E-state index is 11.1. The number of hydrogen-bond acceptors (Lipinski definition) is 3. The first-order chi connectivity index (χ1) is 6.45. The zero-order valence-electron chi connectivity index (χ0n) is 9.22. The molecule has 4 heteroatoms. The lowest BCUT2D eigenvalue weighted by Crippen LogP contribution is -2.33. The number of carbonyl (C=O) groups excluding carboxylic acids is 1. The number of nitrogens with one attached hydrogen (secondary N) is 2. The molecule has 0 aromatic heterocycles. The zero-order valence-corrected chi connectivity index (χ0v) is 9.22. The summed E-state index contributed by atoms with van der Waals surface area (Å²) in [5.74, 6) is 0. The van der Waals surface area contributed by atoms with Gasteiger partial charge >= 0.3 is 6.09 Å². The highest BCUT2D eigenvalue weighted by molar-refractivity contribution is 5.67. The van der Waals surface area contributed by atoms with Gasteiger partial charge in [0.1, 0.15) is 5.60 Å². The van der Waals surface area contributed by atoms with Crippen LogP contribution in [-0.4, -0.2) is 24.8 Å². The molecular formula is C10H20N2O2.